The summed E-state index contributed by atoms with van der Waals surface area (Å²) >= 11 is 1.48. The Morgan fingerprint density at radius 2 is 1.80 bits per heavy atom. The summed E-state index contributed by atoms with van der Waals surface area (Å²) in [5.41, 5.74) is 4.89. The van der Waals surface area contributed by atoms with Gasteiger partial charge in [-0.1, -0.05) is 36.0 Å². The number of rotatable bonds is 6. The molecule has 0 bridgehead atoms. The quantitative estimate of drug-likeness (QED) is 0.346. The van der Waals surface area contributed by atoms with Crippen molar-refractivity contribution in [3.05, 3.63) is 95.6 Å². The minimum atomic E-state index is -0.192. The minimum absolute atomic E-state index is 0.192. The fourth-order valence-electron chi connectivity index (χ4n) is 3.84. The van der Waals surface area contributed by atoms with E-state index in [1.54, 1.807) is 25.2 Å². The van der Waals surface area contributed by atoms with Crippen LogP contribution in [0.1, 0.15) is 16.8 Å². The molecule has 0 saturated heterocycles. The van der Waals surface area contributed by atoms with Gasteiger partial charge in [-0.3, -0.25) is 9.69 Å². The number of amides is 1. The van der Waals surface area contributed by atoms with Gasteiger partial charge in [-0.2, -0.15) is 0 Å². The van der Waals surface area contributed by atoms with Gasteiger partial charge in [0.25, 0.3) is 5.91 Å². The van der Waals surface area contributed by atoms with Crippen molar-refractivity contribution < 1.29 is 14.3 Å². The van der Waals surface area contributed by atoms with E-state index in [9.17, 15) is 4.79 Å². The second-order valence-electron chi connectivity index (χ2n) is 7.98. The first kappa shape index (κ1) is 22.7. The van der Waals surface area contributed by atoms with Gasteiger partial charge < -0.3 is 13.9 Å². The van der Waals surface area contributed by atoms with Gasteiger partial charge in [-0.25, -0.2) is 9.98 Å². The fourth-order valence-corrected chi connectivity index (χ4v) is 4.74. The van der Waals surface area contributed by atoms with E-state index in [2.05, 4.69) is 0 Å². The SMILES string of the molecule is COc1ccc(/C=C2\N=C(SCc3cn4cccc(C)c4n3)N(c3cccc(OC)c3)C2=O)cc1. The van der Waals surface area contributed by atoms with Crippen LogP contribution in [0.2, 0.25) is 0 Å². The number of pyridine rings is 1. The van der Waals surface area contributed by atoms with Gasteiger partial charge in [-0.15, -0.1) is 0 Å². The summed E-state index contributed by atoms with van der Waals surface area (Å²) in [6.07, 6.45) is 5.78. The fraction of sp³-hybridized carbons (Fsp3) is 0.148. The van der Waals surface area contributed by atoms with Gasteiger partial charge in [-0.05, 0) is 54.5 Å². The first-order valence-electron chi connectivity index (χ1n) is 11.0. The van der Waals surface area contributed by atoms with Crippen LogP contribution in [0.5, 0.6) is 11.5 Å². The highest BCUT2D eigenvalue weighted by Gasteiger charge is 2.32. The van der Waals surface area contributed by atoms with Crippen LogP contribution in [-0.4, -0.2) is 34.7 Å². The Bertz CT molecular complexity index is 1460. The number of carbonyl (C=O) groups is 1. The number of anilines is 1. The number of ether oxygens (including phenoxy) is 2. The molecule has 35 heavy (non-hydrogen) atoms. The average Bonchev–Trinajstić information content (AvgIpc) is 3.44. The number of hydrogen-bond acceptors (Lipinski definition) is 6. The highest BCUT2D eigenvalue weighted by Crippen LogP contribution is 2.32. The largest absolute Gasteiger partial charge is 0.497 e. The number of benzene rings is 2. The van der Waals surface area contributed by atoms with Gasteiger partial charge in [0.1, 0.15) is 22.8 Å². The molecule has 4 aromatic rings. The summed E-state index contributed by atoms with van der Waals surface area (Å²) in [7, 11) is 3.23. The van der Waals surface area contributed by atoms with Crippen molar-refractivity contribution >= 4 is 40.2 Å². The van der Waals surface area contributed by atoms with Gasteiger partial charge in [0.2, 0.25) is 0 Å². The molecule has 176 valence electrons. The van der Waals surface area contributed by atoms with Crippen LogP contribution < -0.4 is 14.4 Å². The average molecular weight is 485 g/mol. The molecule has 1 aliphatic heterocycles. The molecule has 0 radical (unpaired) electrons. The van der Waals surface area contributed by atoms with Crippen LogP contribution in [0.25, 0.3) is 11.7 Å². The predicted octanol–water partition coefficient (Wildman–Crippen LogP) is 5.34. The molecular weight excluding hydrogens is 460 g/mol. The zero-order valence-corrected chi connectivity index (χ0v) is 20.5. The summed E-state index contributed by atoms with van der Waals surface area (Å²) in [4.78, 5) is 24.6. The Morgan fingerprint density at radius 3 is 2.54 bits per heavy atom. The first-order chi connectivity index (χ1) is 17.1. The van der Waals surface area contributed by atoms with Crippen molar-refractivity contribution in [3.63, 3.8) is 0 Å². The zero-order chi connectivity index (χ0) is 24.4. The van der Waals surface area contributed by atoms with Crippen molar-refractivity contribution in [3.8, 4) is 11.5 Å². The smallest absolute Gasteiger partial charge is 0.283 e. The Kier molecular flexibility index (Phi) is 6.29. The van der Waals surface area contributed by atoms with E-state index >= 15 is 0 Å². The van der Waals surface area contributed by atoms with Gasteiger partial charge in [0.05, 0.1) is 25.6 Å². The number of aromatic nitrogens is 2. The molecule has 5 rings (SSSR count). The number of hydrogen-bond donors (Lipinski definition) is 0. The lowest BCUT2D eigenvalue weighted by molar-refractivity contribution is -0.113. The summed E-state index contributed by atoms with van der Waals surface area (Å²) in [6, 6.07) is 19.0. The maximum atomic E-state index is 13.5. The third-order valence-corrected chi connectivity index (χ3v) is 6.61. The second kappa shape index (κ2) is 9.68. The maximum Gasteiger partial charge on any atom is 0.283 e. The van der Waals surface area contributed by atoms with Crippen LogP contribution in [0, 0.1) is 6.92 Å². The summed E-state index contributed by atoms with van der Waals surface area (Å²) in [6.45, 7) is 2.04. The van der Waals surface area contributed by atoms with Crippen molar-refractivity contribution in [2.75, 3.05) is 19.1 Å². The number of nitrogens with zero attached hydrogens (tertiary/aromatic N) is 4. The number of methoxy groups -OCH3 is 2. The Morgan fingerprint density at radius 1 is 1.00 bits per heavy atom. The maximum absolute atomic E-state index is 13.5. The monoisotopic (exact) mass is 484 g/mol. The Labute approximate surface area is 207 Å². The molecule has 1 amide bonds. The number of carbonyl (C=O) groups excluding carboxylic acids is 1. The van der Waals surface area contributed by atoms with E-state index in [0.717, 1.165) is 28.2 Å². The van der Waals surface area contributed by atoms with Crippen molar-refractivity contribution in [1.82, 2.24) is 9.38 Å². The minimum Gasteiger partial charge on any atom is -0.497 e. The third kappa shape index (κ3) is 4.65. The molecule has 0 N–H and O–H groups in total. The van der Waals surface area contributed by atoms with Crippen LogP contribution >= 0.6 is 11.8 Å². The molecule has 0 unspecified atom stereocenters. The van der Waals surface area contributed by atoms with Crippen LogP contribution in [-0.2, 0) is 10.5 Å². The summed E-state index contributed by atoms with van der Waals surface area (Å²) in [5, 5.41) is 0.594. The van der Waals surface area contributed by atoms with Crippen molar-refractivity contribution in [2.45, 2.75) is 12.7 Å². The molecule has 3 heterocycles. The van der Waals surface area contributed by atoms with E-state index in [1.807, 2.05) is 84.4 Å². The van der Waals surface area contributed by atoms with Crippen molar-refractivity contribution in [2.24, 2.45) is 4.99 Å². The zero-order valence-electron chi connectivity index (χ0n) is 19.6. The molecule has 0 aliphatic carbocycles. The van der Waals surface area contributed by atoms with E-state index in [1.165, 1.54) is 11.8 Å². The number of imidazole rings is 1. The molecule has 0 fully saturated rings. The lowest BCUT2D eigenvalue weighted by Crippen LogP contribution is -2.30. The standard InChI is InChI=1S/C27H24N4O3S/c1-18-6-5-13-30-16-20(28-25(18)30)17-35-27-29-24(14-19-9-11-22(33-2)12-10-19)26(32)31(27)21-7-4-8-23(15-21)34-3/h4-16H,17H2,1-3H3/b24-14-. The molecule has 7 nitrogen and oxygen atoms in total. The van der Waals surface area contributed by atoms with E-state index < -0.39 is 0 Å². The Balaban J connectivity index is 1.47. The Hall–Kier alpha value is -4.04. The van der Waals surface area contributed by atoms with Crippen LogP contribution in [0.3, 0.4) is 0 Å². The summed E-state index contributed by atoms with van der Waals surface area (Å²) in [5.74, 6) is 1.81. The first-order valence-corrected chi connectivity index (χ1v) is 12.0. The molecule has 2 aromatic heterocycles. The molecular formula is C27H24N4O3S. The molecule has 2 aromatic carbocycles. The van der Waals surface area contributed by atoms with Gasteiger partial charge in [0, 0.05) is 24.2 Å². The lowest BCUT2D eigenvalue weighted by atomic mass is 10.2. The molecule has 0 spiro atoms. The van der Waals surface area contributed by atoms with Gasteiger partial charge in [0.15, 0.2) is 5.17 Å². The van der Waals surface area contributed by atoms with Gasteiger partial charge >= 0.3 is 0 Å². The van der Waals surface area contributed by atoms with Crippen LogP contribution in [0.4, 0.5) is 5.69 Å². The van der Waals surface area contributed by atoms with E-state index in [-0.39, 0.29) is 5.91 Å². The van der Waals surface area contributed by atoms with E-state index in [4.69, 9.17) is 19.5 Å². The number of thioether (sulfide) groups is 1. The molecule has 0 atom stereocenters. The normalized spacial score (nSPS) is 14.6. The number of aryl methyl sites for hydroxylation is 1. The molecule has 8 heteroatoms. The topological polar surface area (TPSA) is 68.4 Å². The lowest BCUT2D eigenvalue weighted by Gasteiger charge is -2.18. The highest BCUT2D eigenvalue weighted by atomic mass is 32.2. The van der Waals surface area contributed by atoms with Crippen molar-refractivity contribution in [1.29, 1.82) is 0 Å². The summed E-state index contributed by atoms with van der Waals surface area (Å²) < 4.78 is 12.6. The predicted molar refractivity (Wildman–Crippen MR) is 140 cm³/mol. The number of amidine groups is 1. The second-order valence-corrected chi connectivity index (χ2v) is 8.92. The molecule has 1 aliphatic rings. The number of aliphatic imine (C=N–C) groups is 1. The molecule has 0 saturated carbocycles. The van der Waals surface area contributed by atoms with E-state index in [0.29, 0.717) is 28.1 Å². The highest BCUT2D eigenvalue weighted by molar-refractivity contribution is 8.13. The van der Waals surface area contributed by atoms with Crippen LogP contribution in [0.15, 0.2) is 83.7 Å². The number of fused-ring (bicyclic) bond motifs is 1. The third-order valence-electron chi connectivity index (χ3n) is 5.64.